The van der Waals surface area contributed by atoms with Crippen LogP contribution in [0.25, 0.3) is 22.6 Å². The molecule has 1 heterocycles. The van der Waals surface area contributed by atoms with E-state index >= 15 is 0 Å². The lowest BCUT2D eigenvalue weighted by atomic mass is 10.1. The molecule has 3 aromatic carbocycles. The number of hydrogen-bond donors (Lipinski definition) is 2. The van der Waals surface area contributed by atoms with E-state index < -0.39 is 45.6 Å². The Hall–Kier alpha value is -3.71. The highest BCUT2D eigenvalue weighted by atomic mass is 79.9. The molecule has 13 heteroatoms. The number of nitrogens with one attached hydrogen (secondary N) is 2. The number of halogens is 5. The van der Waals surface area contributed by atoms with Crippen molar-refractivity contribution in [2.45, 2.75) is 0 Å². The maximum atomic E-state index is 14.2. The van der Waals surface area contributed by atoms with E-state index in [1.807, 2.05) is 5.32 Å². The van der Waals surface area contributed by atoms with Crippen molar-refractivity contribution in [1.82, 2.24) is 10.3 Å². The summed E-state index contributed by atoms with van der Waals surface area (Å²) in [5.74, 6) is -9.37. The van der Waals surface area contributed by atoms with Crippen molar-refractivity contribution in [3.8, 4) is 23.0 Å². The molecule has 7 nitrogen and oxygen atoms in total. The monoisotopic (exact) mass is 583 g/mol. The largest absolute Gasteiger partial charge is 0.496 e. The van der Waals surface area contributed by atoms with Crippen LogP contribution >= 0.6 is 28.1 Å². The summed E-state index contributed by atoms with van der Waals surface area (Å²) in [6.07, 6.45) is 0. The molecule has 0 bridgehead atoms. The van der Waals surface area contributed by atoms with Gasteiger partial charge in [-0.05, 0) is 64.5 Å². The predicted molar refractivity (Wildman–Crippen MR) is 130 cm³/mol. The third-order valence-corrected chi connectivity index (χ3v) is 5.75. The molecule has 0 aliphatic rings. The van der Waals surface area contributed by atoms with Crippen LogP contribution in [0.5, 0.6) is 11.5 Å². The zero-order valence-corrected chi connectivity index (χ0v) is 20.7. The fourth-order valence-electron chi connectivity index (χ4n) is 3.25. The first-order valence-corrected chi connectivity index (χ1v) is 11.1. The molecule has 0 fully saturated rings. The summed E-state index contributed by atoms with van der Waals surface area (Å²) in [7, 11) is 2.37. The average molecular weight is 584 g/mol. The van der Waals surface area contributed by atoms with Crippen molar-refractivity contribution in [1.29, 1.82) is 0 Å². The van der Waals surface area contributed by atoms with Crippen LogP contribution in [0.3, 0.4) is 0 Å². The Morgan fingerprint density at radius 2 is 1.69 bits per heavy atom. The first-order chi connectivity index (χ1) is 17.1. The molecule has 0 radical (unpaired) electrons. The topological polar surface area (TPSA) is 85.6 Å². The number of anilines is 1. The summed E-state index contributed by atoms with van der Waals surface area (Å²) in [6, 6.07) is 9.97. The number of ether oxygens (including phenoxy) is 2. The van der Waals surface area contributed by atoms with Gasteiger partial charge in [-0.25, -0.2) is 13.8 Å². The maximum Gasteiger partial charge on any atom is 0.263 e. The molecular formula is C23H14BrF4N3O4S. The first-order valence-electron chi connectivity index (χ1n) is 9.91. The highest BCUT2D eigenvalue weighted by Gasteiger charge is 2.30. The second-order valence-electron chi connectivity index (χ2n) is 7.12. The van der Waals surface area contributed by atoms with E-state index in [9.17, 15) is 22.4 Å². The van der Waals surface area contributed by atoms with Gasteiger partial charge in [0.1, 0.15) is 16.8 Å². The van der Waals surface area contributed by atoms with Gasteiger partial charge >= 0.3 is 0 Å². The molecule has 0 spiro atoms. The average Bonchev–Trinajstić information content (AvgIpc) is 3.26. The molecule has 186 valence electrons. The standard InChI is InChI=1S/C23H14BrF4N3O4S/c1-33-13-5-3-9(7-11(13)24)22-30-12-8-10(4-6-14(12)35-22)29-23(36)31-21(32)15-16(25)18(27)20(34-2)19(28)17(15)26/h3-8H,1-2H3,(H2,29,31,32,36). The molecule has 0 saturated heterocycles. The fourth-order valence-corrected chi connectivity index (χ4v) is 4.00. The van der Waals surface area contributed by atoms with E-state index in [0.717, 1.165) is 7.11 Å². The number of oxazole rings is 1. The summed E-state index contributed by atoms with van der Waals surface area (Å²) in [6.45, 7) is 0. The highest BCUT2D eigenvalue weighted by Crippen LogP contribution is 2.32. The molecule has 4 aromatic rings. The van der Waals surface area contributed by atoms with Crippen LogP contribution in [0.15, 0.2) is 45.3 Å². The van der Waals surface area contributed by atoms with Crippen molar-refractivity contribution in [2.24, 2.45) is 0 Å². The second-order valence-corrected chi connectivity index (χ2v) is 8.39. The van der Waals surface area contributed by atoms with Gasteiger partial charge in [-0.3, -0.25) is 10.1 Å². The van der Waals surface area contributed by atoms with Gasteiger partial charge in [0.2, 0.25) is 17.5 Å². The third kappa shape index (κ3) is 4.71. The van der Waals surface area contributed by atoms with Crippen molar-refractivity contribution in [3.63, 3.8) is 0 Å². The Morgan fingerprint density at radius 1 is 1.00 bits per heavy atom. The Balaban J connectivity index is 1.53. The molecule has 0 saturated carbocycles. The molecule has 1 aromatic heterocycles. The molecule has 2 N–H and O–H groups in total. The van der Waals surface area contributed by atoms with Gasteiger partial charge in [0.05, 0.1) is 18.7 Å². The summed E-state index contributed by atoms with van der Waals surface area (Å²) in [5.41, 5.74) is 0.422. The van der Waals surface area contributed by atoms with Crippen molar-refractivity contribution < 1.29 is 36.2 Å². The normalized spacial score (nSPS) is 10.9. The molecule has 0 unspecified atom stereocenters. The van der Waals surface area contributed by atoms with E-state index in [1.54, 1.807) is 43.5 Å². The summed E-state index contributed by atoms with van der Waals surface area (Å²) in [4.78, 5) is 16.7. The van der Waals surface area contributed by atoms with Gasteiger partial charge < -0.3 is 19.2 Å². The Bertz CT molecular complexity index is 1500. The number of hydrogen-bond acceptors (Lipinski definition) is 6. The number of amides is 1. The Labute approximate surface area is 214 Å². The van der Waals surface area contributed by atoms with Crippen molar-refractivity contribution in [3.05, 3.63) is 69.7 Å². The molecule has 0 atom stereocenters. The molecule has 4 rings (SSSR count). The molecule has 36 heavy (non-hydrogen) atoms. The number of carbonyl (C=O) groups excluding carboxylic acids is 1. The van der Waals surface area contributed by atoms with Crippen LogP contribution in [0.4, 0.5) is 23.2 Å². The molecular weight excluding hydrogens is 570 g/mol. The van der Waals surface area contributed by atoms with Gasteiger partial charge in [-0.2, -0.15) is 8.78 Å². The zero-order chi connectivity index (χ0) is 26.1. The Kier molecular flexibility index (Phi) is 7.13. The lowest BCUT2D eigenvalue weighted by Gasteiger charge is -2.12. The highest BCUT2D eigenvalue weighted by molar-refractivity contribution is 9.10. The molecule has 0 aliphatic heterocycles. The van der Waals surface area contributed by atoms with E-state index in [0.29, 0.717) is 38.5 Å². The van der Waals surface area contributed by atoms with E-state index in [1.165, 1.54) is 0 Å². The van der Waals surface area contributed by atoms with Crippen molar-refractivity contribution >= 4 is 56.0 Å². The number of nitrogens with zero attached hydrogens (tertiary/aromatic N) is 1. The molecule has 0 aliphatic carbocycles. The summed E-state index contributed by atoms with van der Waals surface area (Å²) >= 11 is 8.39. The minimum atomic E-state index is -1.92. The number of carbonyl (C=O) groups is 1. The number of benzene rings is 3. The maximum absolute atomic E-state index is 14.2. The number of thiocarbonyl (C=S) groups is 1. The van der Waals surface area contributed by atoms with E-state index in [4.69, 9.17) is 21.4 Å². The number of fused-ring (bicyclic) bond motifs is 1. The van der Waals surface area contributed by atoms with E-state index in [-0.39, 0.29) is 0 Å². The quantitative estimate of drug-likeness (QED) is 0.170. The second kappa shape index (κ2) is 10.1. The SMILES string of the molecule is COc1ccc(-c2nc3cc(NC(=S)NC(=O)c4c(F)c(F)c(OC)c(F)c4F)ccc3o2)cc1Br. The van der Waals surface area contributed by atoms with Crippen LogP contribution in [0.1, 0.15) is 10.4 Å². The van der Waals surface area contributed by atoms with Crippen LogP contribution in [0, 0.1) is 23.3 Å². The number of methoxy groups -OCH3 is 2. The van der Waals surface area contributed by atoms with Crippen molar-refractivity contribution in [2.75, 3.05) is 19.5 Å². The smallest absolute Gasteiger partial charge is 0.263 e. The summed E-state index contributed by atoms with van der Waals surface area (Å²) in [5, 5.41) is 4.23. The van der Waals surface area contributed by atoms with Gasteiger partial charge in [0.25, 0.3) is 5.91 Å². The molecule has 1 amide bonds. The predicted octanol–water partition coefficient (Wildman–Crippen LogP) is 5.96. The third-order valence-electron chi connectivity index (χ3n) is 4.93. The van der Waals surface area contributed by atoms with Gasteiger partial charge in [-0.15, -0.1) is 0 Å². The van der Waals surface area contributed by atoms with E-state index in [2.05, 4.69) is 31.0 Å². The lowest BCUT2D eigenvalue weighted by Crippen LogP contribution is -2.35. The lowest BCUT2D eigenvalue weighted by molar-refractivity contribution is 0.0966. The first kappa shape index (κ1) is 25.4. The van der Waals surface area contributed by atoms with Crippen LogP contribution in [0.2, 0.25) is 0 Å². The summed E-state index contributed by atoms with van der Waals surface area (Å²) < 4.78 is 72.2. The number of rotatable bonds is 5. The minimum absolute atomic E-state index is 0.330. The van der Waals surface area contributed by atoms with Crippen LogP contribution < -0.4 is 20.1 Å². The number of aromatic nitrogens is 1. The minimum Gasteiger partial charge on any atom is -0.496 e. The van der Waals surface area contributed by atoms with Crippen LogP contribution in [-0.4, -0.2) is 30.2 Å². The van der Waals surface area contributed by atoms with Gasteiger partial charge in [0, 0.05) is 11.3 Å². The Morgan fingerprint density at radius 3 is 2.31 bits per heavy atom. The fraction of sp³-hybridized carbons (Fsp3) is 0.0870. The van der Waals surface area contributed by atoms with Gasteiger partial charge in [-0.1, -0.05) is 0 Å². The van der Waals surface area contributed by atoms with Crippen LogP contribution in [-0.2, 0) is 0 Å². The zero-order valence-electron chi connectivity index (χ0n) is 18.3. The van der Waals surface area contributed by atoms with Gasteiger partial charge in [0.15, 0.2) is 28.1 Å².